The summed E-state index contributed by atoms with van der Waals surface area (Å²) in [7, 11) is 2.90. The van der Waals surface area contributed by atoms with Gasteiger partial charge in [0.25, 0.3) is 0 Å². The third-order valence-electron chi connectivity index (χ3n) is 7.71. The molecule has 12 nitrogen and oxygen atoms in total. The lowest BCUT2D eigenvalue weighted by molar-refractivity contribution is -0.141. The highest BCUT2D eigenvalue weighted by Gasteiger charge is 2.53. The molecule has 5 rings (SSSR count). The number of rotatable bonds is 11. The predicted molar refractivity (Wildman–Crippen MR) is 144 cm³/mol. The second kappa shape index (κ2) is 12.1. The largest absolute Gasteiger partial charge is 0.502 e. The summed E-state index contributed by atoms with van der Waals surface area (Å²) in [5.41, 5.74) is 7.80. The first-order valence-electron chi connectivity index (χ1n) is 13.5. The minimum absolute atomic E-state index is 0.0799. The molecule has 3 aliphatic rings. The summed E-state index contributed by atoms with van der Waals surface area (Å²) in [5, 5.41) is 19.8. The summed E-state index contributed by atoms with van der Waals surface area (Å²) in [4.78, 5) is 26.2. The van der Waals surface area contributed by atoms with E-state index in [0.29, 0.717) is 30.2 Å². The molecule has 4 atom stereocenters. The smallest absolute Gasteiger partial charge is 0.315 e. The number of phenols is 1. The van der Waals surface area contributed by atoms with Gasteiger partial charge in [-0.05, 0) is 73.4 Å². The summed E-state index contributed by atoms with van der Waals surface area (Å²) in [6.07, 6.45) is 1.67. The van der Waals surface area contributed by atoms with E-state index in [1.807, 2.05) is 12.1 Å². The van der Waals surface area contributed by atoms with Crippen molar-refractivity contribution in [2.75, 3.05) is 53.8 Å². The minimum Gasteiger partial charge on any atom is -0.502 e. The van der Waals surface area contributed by atoms with Gasteiger partial charge in [-0.15, -0.1) is 0 Å². The average molecular weight is 557 g/mol. The van der Waals surface area contributed by atoms with Gasteiger partial charge in [-0.1, -0.05) is 0 Å². The second-order valence-electron chi connectivity index (χ2n) is 10.0. The van der Waals surface area contributed by atoms with Crippen LogP contribution in [0.15, 0.2) is 24.3 Å². The number of nitrogens with one attached hydrogen (secondary N) is 3. The van der Waals surface area contributed by atoms with Crippen molar-refractivity contribution in [3.63, 3.8) is 0 Å². The minimum atomic E-state index is -0.608. The van der Waals surface area contributed by atoms with E-state index >= 15 is 0 Å². The molecule has 2 heterocycles. The summed E-state index contributed by atoms with van der Waals surface area (Å²) < 4.78 is 27.7. The van der Waals surface area contributed by atoms with Gasteiger partial charge in [0, 0.05) is 18.4 Å². The Kier molecular flexibility index (Phi) is 8.36. The van der Waals surface area contributed by atoms with Gasteiger partial charge in [0.15, 0.2) is 23.0 Å². The lowest BCUT2D eigenvalue weighted by Gasteiger charge is -2.39. The van der Waals surface area contributed by atoms with Gasteiger partial charge in [-0.25, -0.2) is 4.79 Å². The fourth-order valence-electron chi connectivity index (χ4n) is 5.80. The number of phenolic OH excluding ortho intramolecular Hbond substituents is 1. The number of ether oxygens (including phenoxy) is 5. The highest BCUT2D eigenvalue weighted by atomic mass is 16.7. The fraction of sp³-hybridized carbons (Fsp3) is 0.500. The molecule has 40 heavy (non-hydrogen) atoms. The first kappa shape index (κ1) is 27.7. The van der Waals surface area contributed by atoms with Crippen molar-refractivity contribution in [3.8, 4) is 28.7 Å². The monoisotopic (exact) mass is 556 g/mol. The van der Waals surface area contributed by atoms with E-state index in [1.165, 1.54) is 14.2 Å². The van der Waals surface area contributed by atoms with Crippen LogP contribution in [0, 0.1) is 11.8 Å². The van der Waals surface area contributed by atoms with Crippen LogP contribution >= 0.6 is 0 Å². The zero-order valence-electron chi connectivity index (χ0n) is 22.7. The molecule has 216 valence electrons. The highest BCUT2D eigenvalue weighted by Crippen LogP contribution is 2.55. The molecule has 2 amide bonds. The van der Waals surface area contributed by atoms with E-state index in [4.69, 9.17) is 29.4 Å². The van der Waals surface area contributed by atoms with Crippen molar-refractivity contribution in [3.05, 3.63) is 41.0 Å². The van der Waals surface area contributed by atoms with Crippen LogP contribution in [0.25, 0.3) is 0 Å². The number of hydrogen-bond acceptors (Lipinski definition) is 10. The van der Waals surface area contributed by atoms with Crippen molar-refractivity contribution in [2.45, 2.75) is 24.8 Å². The molecule has 0 spiro atoms. The SMILES string of the molecule is COc1cc(C2c3cc4c(cc3C(NC(=O)NCCCNCCCN)C3COC(=O)C23)OCO4)cc(OC)c1O. The Bertz CT molecular complexity index is 1230. The van der Waals surface area contributed by atoms with Crippen LogP contribution in [-0.2, 0) is 9.53 Å². The molecule has 2 aromatic carbocycles. The molecule has 12 heteroatoms. The number of carbonyl (C=O) groups excluding carboxylic acids is 2. The Morgan fingerprint density at radius 1 is 1.00 bits per heavy atom. The van der Waals surface area contributed by atoms with Crippen LogP contribution in [0.2, 0.25) is 0 Å². The standard InChI is InChI=1S/C28H36N4O8/c1-36-21-9-15(10-22(37-2)26(21)33)23-16-11-19-20(40-14-39-19)12-17(16)25(18-13-38-27(34)24(18)23)32-28(35)31-8-4-7-30-6-3-5-29/h9-12,18,23-25,30,33H,3-8,13-14,29H2,1-2H3,(H2,31,32,35). The number of cyclic esters (lactones) is 1. The molecule has 0 bridgehead atoms. The topological polar surface area (TPSA) is 163 Å². The normalized spacial score (nSPS) is 22.2. The van der Waals surface area contributed by atoms with Gasteiger partial charge in [0.2, 0.25) is 12.5 Å². The maximum Gasteiger partial charge on any atom is 0.315 e. The van der Waals surface area contributed by atoms with Crippen molar-refractivity contribution >= 4 is 12.0 Å². The quantitative estimate of drug-likeness (QED) is 0.204. The number of benzene rings is 2. The number of hydrogen-bond donors (Lipinski definition) is 5. The van der Waals surface area contributed by atoms with Crippen molar-refractivity contribution in [1.82, 2.24) is 16.0 Å². The number of nitrogens with two attached hydrogens (primary N) is 1. The first-order valence-corrected chi connectivity index (χ1v) is 13.5. The molecule has 1 saturated heterocycles. The maximum atomic E-state index is 13.2. The first-order chi connectivity index (χ1) is 19.5. The van der Waals surface area contributed by atoms with E-state index in [9.17, 15) is 14.7 Å². The molecule has 1 aliphatic carbocycles. The third-order valence-corrected chi connectivity index (χ3v) is 7.71. The predicted octanol–water partition coefficient (Wildman–Crippen LogP) is 1.74. The van der Waals surface area contributed by atoms with Gasteiger partial charge >= 0.3 is 12.0 Å². The van der Waals surface area contributed by atoms with Crippen molar-refractivity contribution in [2.24, 2.45) is 17.6 Å². The van der Waals surface area contributed by atoms with Crippen LogP contribution in [0.3, 0.4) is 0 Å². The zero-order valence-corrected chi connectivity index (χ0v) is 22.7. The van der Waals surface area contributed by atoms with E-state index in [-0.39, 0.29) is 48.6 Å². The van der Waals surface area contributed by atoms with Gasteiger partial charge in [0.1, 0.15) is 0 Å². The van der Waals surface area contributed by atoms with Gasteiger partial charge < -0.3 is 50.5 Å². The van der Waals surface area contributed by atoms with Crippen molar-refractivity contribution < 1.29 is 38.4 Å². The Morgan fingerprint density at radius 3 is 2.35 bits per heavy atom. The van der Waals surface area contributed by atoms with Crippen LogP contribution in [0.5, 0.6) is 28.7 Å². The van der Waals surface area contributed by atoms with Crippen LogP contribution in [0.1, 0.15) is 41.5 Å². The molecular weight excluding hydrogens is 520 g/mol. The van der Waals surface area contributed by atoms with Crippen LogP contribution in [-0.4, -0.2) is 70.9 Å². The van der Waals surface area contributed by atoms with Gasteiger partial charge in [0.05, 0.1) is 32.8 Å². The number of amides is 2. The number of urea groups is 1. The fourth-order valence-corrected chi connectivity index (χ4v) is 5.80. The molecule has 2 aromatic rings. The number of carbonyl (C=O) groups is 2. The molecule has 0 radical (unpaired) electrons. The number of aromatic hydroxyl groups is 1. The van der Waals surface area contributed by atoms with Gasteiger partial charge in [-0.3, -0.25) is 4.79 Å². The molecule has 4 unspecified atom stereocenters. The number of methoxy groups -OCH3 is 2. The van der Waals surface area contributed by atoms with E-state index < -0.39 is 17.9 Å². The third kappa shape index (κ3) is 5.28. The Morgan fingerprint density at radius 2 is 1.68 bits per heavy atom. The molecule has 2 aliphatic heterocycles. The molecule has 6 N–H and O–H groups in total. The number of esters is 1. The molecule has 1 fully saturated rings. The van der Waals surface area contributed by atoms with E-state index in [1.54, 1.807) is 12.1 Å². The Balaban J connectivity index is 1.47. The summed E-state index contributed by atoms with van der Waals surface area (Å²) in [6.45, 7) is 2.97. The summed E-state index contributed by atoms with van der Waals surface area (Å²) in [6, 6.07) is 6.27. The number of fused-ring (bicyclic) bond motifs is 3. The highest BCUT2D eigenvalue weighted by molar-refractivity contribution is 5.80. The lowest BCUT2D eigenvalue weighted by atomic mass is 9.65. The lowest BCUT2D eigenvalue weighted by Crippen LogP contribution is -2.46. The molecule has 0 saturated carbocycles. The van der Waals surface area contributed by atoms with E-state index in [2.05, 4.69) is 16.0 Å². The maximum absolute atomic E-state index is 13.2. The van der Waals surface area contributed by atoms with Crippen LogP contribution < -0.4 is 40.6 Å². The molecule has 0 aromatic heterocycles. The average Bonchev–Trinajstić information content (AvgIpc) is 3.58. The molecular formula is C28H36N4O8. The summed E-state index contributed by atoms with van der Waals surface area (Å²) >= 11 is 0. The Hall–Kier alpha value is -3.90. The summed E-state index contributed by atoms with van der Waals surface area (Å²) in [5.74, 6) is -0.368. The van der Waals surface area contributed by atoms with E-state index in [0.717, 1.165) is 37.1 Å². The Labute approximate surface area is 232 Å². The second-order valence-corrected chi connectivity index (χ2v) is 10.0. The van der Waals surface area contributed by atoms with Gasteiger partial charge in [-0.2, -0.15) is 0 Å². The van der Waals surface area contributed by atoms with Crippen molar-refractivity contribution in [1.29, 1.82) is 0 Å². The zero-order chi connectivity index (χ0) is 28.2. The van der Waals surface area contributed by atoms with Crippen LogP contribution in [0.4, 0.5) is 4.79 Å².